The van der Waals surface area contributed by atoms with Crippen LogP contribution in [0.4, 0.5) is 5.82 Å². The number of carbonyl (C=O) groups is 3. The van der Waals surface area contributed by atoms with E-state index in [2.05, 4.69) is 15.3 Å². The van der Waals surface area contributed by atoms with Crippen LogP contribution in [0.2, 0.25) is 0 Å². The number of likely N-dealkylation sites (tertiary alicyclic amines) is 1. The molecule has 1 saturated heterocycles. The highest BCUT2D eigenvalue weighted by molar-refractivity contribution is 6.09. The quantitative estimate of drug-likeness (QED) is 0.811. The van der Waals surface area contributed by atoms with Crippen LogP contribution in [0.25, 0.3) is 11.0 Å². The van der Waals surface area contributed by atoms with Gasteiger partial charge >= 0.3 is 0 Å². The van der Waals surface area contributed by atoms with E-state index in [1.807, 2.05) is 26.8 Å². The van der Waals surface area contributed by atoms with Crippen molar-refractivity contribution in [3.8, 4) is 0 Å². The minimum atomic E-state index is -0.411. The van der Waals surface area contributed by atoms with Crippen LogP contribution in [-0.4, -0.2) is 39.1 Å². The molecule has 3 aliphatic rings. The Morgan fingerprint density at radius 3 is 2.34 bits per heavy atom. The molecule has 4 atom stereocenters. The summed E-state index contributed by atoms with van der Waals surface area (Å²) in [7, 11) is 0. The van der Waals surface area contributed by atoms with E-state index in [0.29, 0.717) is 23.3 Å². The summed E-state index contributed by atoms with van der Waals surface area (Å²) >= 11 is 0. The highest BCUT2D eigenvalue weighted by atomic mass is 16.2. The number of hydrogen-bond donors (Lipinski definition) is 1. The third-order valence-corrected chi connectivity index (χ3v) is 7.25. The molecule has 3 fully saturated rings. The summed E-state index contributed by atoms with van der Waals surface area (Å²) < 4.78 is 0. The van der Waals surface area contributed by atoms with Gasteiger partial charge < -0.3 is 5.32 Å². The molecule has 0 spiro atoms. The Balaban J connectivity index is 1.33. The Labute approximate surface area is 168 Å². The molecule has 3 heterocycles. The lowest BCUT2D eigenvalue weighted by Crippen LogP contribution is -2.39. The van der Waals surface area contributed by atoms with Crippen LogP contribution in [0.15, 0.2) is 12.1 Å². The minimum Gasteiger partial charge on any atom is -0.309 e. The fourth-order valence-corrected chi connectivity index (χ4v) is 5.56. The number of pyridine rings is 2. The molecule has 2 saturated carbocycles. The Hall–Kier alpha value is -2.83. The van der Waals surface area contributed by atoms with Crippen LogP contribution in [0.1, 0.15) is 36.1 Å². The van der Waals surface area contributed by atoms with Gasteiger partial charge in [0.1, 0.15) is 12.4 Å². The first kappa shape index (κ1) is 18.2. The lowest BCUT2D eigenvalue weighted by molar-refractivity contribution is -0.143. The first-order valence-electron chi connectivity index (χ1n) is 10.2. The Kier molecular flexibility index (Phi) is 3.98. The van der Waals surface area contributed by atoms with Gasteiger partial charge in [0.05, 0.1) is 11.8 Å². The molecular weight excluding hydrogens is 368 g/mol. The van der Waals surface area contributed by atoms with Crippen LogP contribution >= 0.6 is 0 Å². The van der Waals surface area contributed by atoms with Crippen molar-refractivity contribution in [3.05, 3.63) is 29.0 Å². The zero-order valence-electron chi connectivity index (χ0n) is 16.9. The molecule has 0 unspecified atom stereocenters. The largest absolute Gasteiger partial charge is 0.309 e. The fourth-order valence-electron chi connectivity index (χ4n) is 5.56. The summed E-state index contributed by atoms with van der Waals surface area (Å²) in [5.74, 6) is -0.148. The van der Waals surface area contributed by atoms with Crippen molar-refractivity contribution >= 4 is 34.6 Å². The van der Waals surface area contributed by atoms with Crippen molar-refractivity contribution in [2.24, 2.45) is 23.7 Å². The maximum atomic E-state index is 12.8. The highest BCUT2D eigenvalue weighted by Crippen LogP contribution is 2.56. The number of aryl methyl sites for hydroxylation is 2. The van der Waals surface area contributed by atoms with Gasteiger partial charge in [-0.05, 0) is 75.1 Å². The van der Waals surface area contributed by atoms with E-state index < -0.39 is 5.91 Å². The van der Waals surface area contributed by atoms with Gasteiger partial charge in [0.25, 0.3) is 0 Å². The molecule has 0 aromatic carbocycles. The molecule has 5 rings (SSSR count). The monoisotopic (exact) mass is 392 g/mol. The molecule has 3 amide bonds. The maximum Gasteiger partial charge on any atom is 0.245 e. The SMILES string of the molecule is Cc1nc2nc(NC(=O)CN3C(=O)[C@@H]4[C@H]5CC[C@@H](C5)[C@@H]4C3=O)ccc2c(C)c1C. The number of fused-ring (bicyclic) bond motifs is 6. The van der Waals surface area contributed by atoms with Crippen LogP contribution in [-0.2, 0) is 14.4 Å². The van der Waals surface area contributed by atoms with Crippen molar-refractivity contribution in [2.45, 2.75) is 40.0 Å². The summed E-state index contributed by atoms with van der Waals surface area (Å²) in [6.45, 7) is 5.74. The number of anilines is 1. The molecule has 2 aliphatic carbocycles. The van der Waals surface area contributed by atoms with Crippen molar-refractivity contribution in [1.82, 2.24) is 14.9 Å². The van der Waals surface area contributed by atoms with E-state index in [0.717, 1.165) is 46.4 Å². The van der Waals surface area contributed by atoms with Gasteiger partial charge in [-0.25, -0.2) is 9.97 Å². The van der Waals surface area contributed by atoms with E-state index in [1.54, 1.807) is 6.07 Å². The average Bonchev–Trinajstić information content (AvgIpc) is 3.36. The second kappa shape index (κ2) is 6.34. The number of nitrogens with one attached hydrogen (secondary N) is 1. The van der Waals surface area contributed by atoms with Gasteiger partial charge in [-0.3, -0.25) is 19.3 Å². The number of amides is 3. The van der Waals surface area contributed by atoms with Gasteiger partial charge in [0.2, 0.25) is 17.7 Å². The van der Waals surface area contributed by atoms with Crippen LogP contribution in [0.3, 0.4) is 0 Å². The van der Waals surface area contributed by atoms with Gasteiger partial charge in [-0.2, -0.15) is 0 Å². The number of nitrogens with zero attached hydrogens (tertiary/aromatic N) is 3. The molecular formula is C22H24N4O3. The standard InChI is InChI=1S/C22H24N4O3/c1-10-11(2)15-6-7-16(25-20(15)23-12(10)3)24-17(27)9-26-21(28)18-13-4-5-14(8-13)19(18)22(26)29/h6-7,13-14,18-19H,4-5,8-9H2,1-3H3,(H,23,24,25,27)/t13-,14-,18-,19+/m0/s1. The number of carbonyl (C=O) groups excluding carboxylic acids is 3. The van der Waals surface area contributed by atoms with Crippen molar-refractivity contribution in [3.63, 3.8) is 0 Å². The maximum absolute atomic E-state index is 12.8. The number of hydrogen-bond acceptors (Lipinski definition) is 5. The van der Waals surface area contributed by atoms with E-state index in [1.165, 1.54) is 0 Å². The smallest absolute Gasteiger partial charge is 0.245 e. The van der Waals surface area contributed by atoms with Crippen LogP contribution in [0, 0.1) is 44.4 Å². The van der Waals surface area contributed by atoms with Crippen molar-refractivity contribution < 1.29 is 14.4 Å². The zero-order chi connectivity index (χ0) is 20.4. The molecule has 7 nitrogen and oxygen atoms in total. The second-order valence-electron chi connectivity index (χ2n) is 8.71. The third kappa shape index (κ3) is 2.67. The number of aromatic nitrogens is 2. The molecule has 1 N–H and O–H groups in total. The Bertz CT molecular complexity index is 1050. The molecule has 0 radical (unpaired) electrons. The molecule has 2 aromatic heterocycles. The first-order valence-corrected chi connectivity index (χ1v) is 10.2. The van der Waals surface area contributed by atoms with Crippen molar-refractivity contribution in [2.75, 3.05) is 11.9 Å². The van der Waals surface area contributed by atoms with E-state index in [4.69, 9.17) is 0 Å². The van der Waals surface area contributed by atoms with E-state index in [-0.39, 0.29) is 30.2 Å². The number of imide groups is 1. The Morgan fingerprint density at radius 2 is 1.69 bits per heavy atom. The lowest BCUT2D eigenvalue weighted by atomic mass is 9.81. The Morgan fingerprint density at radius 1 is 1.03 bits per heavy atom. The summed E-state index contributed by atoms with van der Waals surface area (Å²) in [5, 5.41) is 3.67. The predicted molar refractivity (Wildman–Crippen MR) is 107 cm³/mol. The summed E-state index contributed by atoms with van der Waals surface area (Å²) in [4.78, 5) is 48.2. The van der Waals surface area contributed by atoms with E-state index in [9.17, 15) is 14.4 Å². The van der Waals surface area contributed by atoms with Gasteiger partial charge in [-0.1, -0.05) is 0 Å². The van der Waals surface area contributed by atoms with Gasteiger partial charge in [0, 0.05) is 11.1 Å². The first-order chi connectivity index (χ1) is 13.8. The minimum absolute atomic E-state index is 0.169. The predicted octanol–water partition coefficient (Wildman–Crippen LogP) is 2.52. The molecule has 2 bridgehead atoms. The highest BCUT2D eigenvalue weighted by Gasteiger charge is 2.60. The van der Waals surface area contributed by atoms with Crippen LogP contribution in [0.5, 0.6) is 0 Å². The van der Waals surface area contributed by atoms with Crippen molar-refractivity contribution in [1.29, 1.82) is 0 Å². The normalized spacial score (nSPS) is 27.8. The summed E-state index contributed by atoms with van der Waals surface area (Å²) in [6, 6.07) is 3.62. The third-order valence-electron chi connectivity index (χ3n) is 7.25. The summed E-state index contributed by atoms with van der Waals surface area (Å²) in [6.07, 6.45) is 3.04. The number of rotatable bonds is 3. The molecule has 1 aliphatic heterocycles. The fraction of sp³-hybridized carbons (Fsp3) is 0.500. The zero-order valence-corrected chi connectivity index (χ0v) is 16.9. The topological polar surface area (TPSA) is 92.3 Å². The molecule has 7 heteroatoms. The molecule has 29 heavy (non-hydrogen) atoms. The second-order valence-corrected chi connectivity index (χ2v) is 8.71. The lowest BCUT2D eigenvalue weighted by Gasteiger charge is -2.19. The van der Waals surface area contributed by atoms with E-state index >= 15 is 0 Å². The van der Waals surface area contributed by atoms with Gasteiger partial charge in [-0.15, -0.1) is 0 Å². The van der Waals surface area contributed by atoms with Gasteiger partial charge in [0.15, 0.2) is 5.65 Å². The molecule has 150 valence electrons. The molecule has 2 aromatic rings. The average molecular weight is 392 g/mol. The van der Waals surface area contributed by atoms with Crippen LogP contribution < -0.4 is 5.32 Å². The summed E-state index contributed by atoms with van der Waals surface area (Å²) in [5.41, 5.74) is 3.72.